The highest BCUT2D eigenvalue weighted by atomic mass is 32.3. The third-order valence-electron chi connectivity index (χ3n) is 19.9. The summed E-state index contributed by atoms with van der Waals surface area (Å²) in [6.45, 7) is -9.57. The van der Waals surface area contributed by atoms with Crippen LogP contribution in [0.2, 0.25) is 0 Å². The van der Waals surface area contributed by atoms with Crippen LogP contribution in [-0.2, 0) is 268 Å². The molecule has 0 aromatic heterocycles. The van der Waals surface area contributed by atoms with Gasteiger partial charge < -0.3 is 137 Å². The van der Waals surface area contributed by atoms with Gasteiger partial charge in [0.15, 0.2) is 74.7 Å². The van der Waals surface area contributed by atoms with Crippen LogP contribution in [0.1, 0.15) is 0 Å². The van der Waals surface area contributed by atoms with Gasteiger partial charge in [-0.1, -0.05) is 0 Å². The van der Waals surface area contributed by atoms with Gasteiger partial charge in [-0.2, -0.15) is 126 Å². The van der Waals surface area contributed by atoms with Crippen LogP contribution < -0.4 is 23.6 Å². The molecule has 0 aromatic carbocycles. The summed E-state index contributed by atoms with van der Waals surface area (Å²) >= 11 is 6.32. The summed E-state index contributed by atoms with van der Waals surface area (Å²) in [5.74, 6) is -7.96. The van der Waals surface area contributed by atoms with Crippen LogP contribution in [0.4, 0.5) is 0 Å². The molecule has 0 aliphatic carbocycles. The predicted octanol–water partition coefficient (Wildman–Crippen LogP) is -20.2. The molecule has 0 amide bonds. The van der Waals surface area contributed by atoms with E-state index in [9.17, 15) is 218 Å². The topological polar surface area (TPSA) is 1230 Å². The number of thiol groups is 2. The van der Waals surface area contributed by atoms with Crippen molar-refractivity contribution in [3.63, 3.8) is 0 Å². The Hall–Kier alpha value is -3.64. The molecule has 8 aliphatic rings. The molecule has 1 unspecified atom stereocenters. The van der Waals surface area contributed by atoms with Gasteiger partial charge in [-0.25, -0.2) is 39.5 Å². The smallest absolute Gasteiger partial charge is 0.397 e. The lowest BCUT2D eigenvalue weighted by atomic mass is 9.93. The van der Waals surface area contributed by atoms with Crippen molar-refractivity contribution in [3.8, 4) is 0 Å². The van der Waals surface area contributed by atoms with E-state index in [2.05, 4.69) is 75.6 Å². The first-order valence-corrected chi connectivity index (χ1v) is 53.7. The van der Waals surface area contributed by atoms with Crippen LogP contribution in [0.3, 0.4) is 0 Å². The minimum Gasteiger partial charge on any atom is -0.479 e. The molecular formula is C49H83N5O78S13. The fourth-order valence-corrected chi connectivity index (χ4v) is 19.4. The Kier molecular flexibility index (Phi) is 44.4. The Labute approximate surface area is 820 Å². The fraction of sp³-hybridized carbons (Fsp3) is 0.939. The zero-order chi connectivity index (χ0) is 110. The van der Waals surface area contributed by atoms with Gasteiger partial charge in [0.1, 0.15) is 171 Å². The van der Waals surface area contributed by atoms with Crippen molar-refractivity contribution in [2.45, 2.75) is 245 Å². The monoisotopic (exact) mass is 2400 g/mol. The molecule has 145 heavy (non-hydrogen) atoms. The molecule has 0 saturated carbocycles. The van der Waals surface area contributed by atoms with Gasteiger partial charge >= 0.3 is 132 Å². The molecule has 96 heteroatoms. The Bertz CT molecular complexity index is 5690. The molecule has 0 spiro atoms. The molecule has 8 aliphatic heterocycles. The first-order valence-electron chi connectivity index (χ1n) is 37.6. The molecule has 8 heterocycles. The van der Waals surface area contributed by atoms with Gasteiger partial charge in [0, 0.05) is 32.9 Å². The molecule has 8 fully saturated rings. The number of methoxy groups -OCH3 is 1. The third-order valence-corrected chi connectivity index (χ3v) is 25.5. The second-order valence-corrected chi connectivity index (χ2v) is 42.3. The normalized spacial score (nSPS) is 38.6. The summed E-state index contributed by atoms with van der Waals surface area (Å²) in [5.41, 5.74) is 0. The van der Waals surface area contributed by atoms with Crippen molar-refractivity contribution in [2.75, 3.05) is 40.1 Å². The van der Waals surface area contributed by atoms with Gasteiger partial charge in [0.2, 0.25) is 0 Å². The van der Waals surface area contributed by atoms with E-state index in [-0.39, 0.29) is 0 Å². The first kappa shape index (κ1) is 127. The number of carboxylic acid groups (broad SMARTS) is 3. The first-order chi connectivity index (χ1) is 66.3. The molecule has 0 aromatic rings. The maximum Gasteiger partial charge on any atom is 0.397 e. The lowest BCUT2D eigenvalue weighted by molar-refractivity contribution is -0.620. The molecular weight excluding hydrogens is 2320 g/mol. The van der Waals surface area contributed by atoms with Gasteiger partial charge in [-0.05, 0) is 20.2 Å². The lowest BCUT2D eigenvalue weighted by Gasteiger charge is -2.52. The van der Waals surface area contributed by atoms with Crippen molar-refractivity contribution >= 4 is 158 Å². The number of hydrogen-bond acceptors (Lipinski definition) is 66. The third kappa shape index (κ3) is 37.3. The van der Waals surface area contributed by atoms with Crippen LogP contribution >= 0.6 is 25.8 Å². The summed E-state index contributed by atoms with van der Waals surface area (Å²) in [6.07, 6.45) is -111. The van der Waals surface area contributed by atoms with E-state index in [0.29, 0.717) is 7.11 Å². The summed E-state index contributed by atoms with van der Waals surface area (Å²) in [7, 11) is -66.2. The Morgan fingerprint density at radius 3 is 0.814 bits per heavy atom. The van der Waals surface area contributed by atoms with Crippen molar-refractivity contribution < 1.29 is 358 Å². The van der Waals surface area contributed by atoms with Crippen LogP contribution in [0, 0.1) is 0 Å². The number of rotatable bonds is 53. The molecule has 28 N–H and O–H groups in total. The molecule has 83 nitrogen and oxygen atoms in total. The SMILES string of the molecule is CO[C@H]1O[C@H](COS(=O)(=O)O)[C@@H](O[C@@H]2O[C@@H](C(=O)O)[C@@H](O[C@H]3O[C@H](COS(=O)(=O)O)[C@@H](O[C@@H]4O[C@H](C(=O)O)[C@@H](O[C@H]5O[C@H](COS(=O)(=O)O)[C@@H](O)[C@H](O)[C@H]5NS(=O)(=O)O)[C@H](O)[C@H]4O)[C@H](OOOOS)[C@H]3NS(=O)(=O)O)[C@H](OC3O[C@H](COS(=O)(=O)O)[C@@H](O[C@@H]4O[C@H](C(=O)O)[C@@H](O[C@H]5O[C@H](COS(=O)(=O)O)[C@@H](O)[C@H](O)[C@H]5NS(=O)(=O)O)[C@H](O)[C@H]4O)[C@H](OOOOS)[C@H]3NS(=O)(=O)O)[C@H]2OS(=O)(=O)O)[C@H](O)[C@H]1NS(=O)(=O)O. The summed E-state index contributed by atoms with van der Waals surface area (Å²) in [5, 5.41) is 153. The highest BCUT2D eigenvalue weighted by Crippen LogP contribution is 2.43. The largest absolute Gasteiger partial charge is 0.479 e. The Balaban J connectivity index is 1.35. The molecule has 850 valence electrons. The number of carboxylic acids is 3. The highest BCUT2D eigenvalue weighted by Gasteiger charge is 2.66. The van der Waals surface area contributed by atoms with E-state index in [0.717, 1.165) is 9.44 Å². The average molecular weight is 2410 g/mol. The fourth-order valence-electron chi connectivity index (χ4n) is 14.4. The van der Waals surface area contributed by atoms with E-state index in [1.807, 2.05) is 0 Å². The quantitative estimate of drug-likeness (QED) is 0.00671. The second kappa shape index (κ2) is 50.9. The van der Waals surface area contributed by atoms with Crippen LogP contribution in [0.5, 0.6) is 0 Å². The number of aliphatic hydroxyl groups is 9. The molecule has 0 bridgehead atoms. The maximum atomic E-state index is 14.4. The average Bonchev–Trinajstić information content (AvgIpc) is 0.737. The molecule has 8 rings (SSSR count). The number of ether oxygens (including phenoxy) is 16. The van der Waals surface area contributed by atoms with Crippen molar-refractivity contribution in [2.24, 2.45) is 0 Å². The lowest BCUT2D eigenvalue weighted by Crippen LogP contribution is -2.73. The van der Waals surface area contributed by atoms with E-state index in [1.54, 1.807) is 0 Å². The van der Waals surface area contributed by atoms with Gasteiger partial charge in [-0.15, -0.1) is 8.67 Å². The minimum absolute atomic E-state index is 0.575. The number of aliphatic carboxylic acids is 3. The van der Waals surface area contributed by atoms with Crippen molar-refractivity contribution in [1.29, 1.82) is 0 Å². The summed E-state index contributed by atoms with van der Waals surface area (Å²) in [6, 6.07) is -15.2. The van der Waals surface area contributed by atoms with E-state index < -0.39 is 410 Å². The van der Waals surface area contributed by atoms with E-state index >= 15 is 0 Å². The number of hydrogen-bond donors (Lipinski definition) is 30. The molecule has 0 radical (unpaired) electrons. The standard InChI is InChI=1S/C49H83N5O78S13/c1-103-42-14(52-137(76,77)78)21(59)26(9(111-42)4-106-142(91,92)93)114-49-38(126-145(100,101)102)34(120-46-16(54-139(82,83)84)30(125-128-130-132-134)28(11(113-46)6-108-144(97,98)99)116-48-25(63)23(61)32(36(122-48)40(66)67)118-44-13(51-136(73,74)75)20(58)18(56)8(110-44)3-105-141(88,89)90)33(37(123-49)41(68)69)119-45-15(53-138(79,80)81)29(124-127-129-131-133)27(10(112-45)5-107-143(94,95)96)115-47-24(62)22(60)31(35(121-47)39(64)65)117-43-12(50-135(70,71)72)19(57)17(55)7(109-43)2-104-140(85,86)87/h7-38,42-63,133-134H,2-6H2,1H3,(H,64,65)(H,66,67)(H,68,69)(H,70,71,72)(H,73,74,75)(H,76,77,78)(H,79,80,81)(H,82,83,84)(H,85,86,87)(H,88,89,90)(H,91,92,93)(H,94,95,96)(H,97,98,99)(H,100,101,102)/t7-,8-,9-,10-,11-,12-,13-,14-,15-,16-,17-,18-,19-,20-,21-,22-,23-,24-,25-,26-,27-,28-,29-,30-,31+,32+,33+,34+,35+,36+,37-,38-,42+,43-,44-,45-,46?,47-,48-,49-/m1/s1. The van der Waals surface area contributed by atoms with E-state index in [4.69, 9.17) is 89.7 Å². The Morgan fingerprint density at radius 1 is 0.255 bits per heavy atom. The van der Waals surface area contributed by atoms with Gasteiger partial charge in [0.25, 0.3) is 0 Å². The van der Waals surface area contributed by atoms with Crippen molar-refractivity contribution in [3.05, 3.63) is 0 Å². The predicted molar refractivity (Wildman–Crippen MR) is 418 cm³/mol. The second-order valence-electron chi connectivity index (χ2n) is 29.5. The number of aliphatic hydroxyl groups excluding tert-OH is 9. The molecule has 8 saturated heterocycles. The Morgan fingerprint density at radius 2 is 0.510 bits per heavy atom. The van der Waals surface area contributed by atoms with Crippen LogP contribution in [0.25, 0.3) is 0 Å². The highest BCUT2D eigenvalue weighted by molar-refractivity contribution is 7.85. The summed E-state index contributed by atoms with van der Waals surface area (Å²) in [4.78, 5) is 51.1. The van der Waals surface area contributed by atoms with E-state index in [1.165, 1.54) is 14.2 Å². The van der Waals surface area contributed by atoms with Crippen molar-refractivity contribution in [1.82, 2.24) is 23.6 Å². The van der Waals surface area contributed by atoms with Crippen LogP contribution in [0.15, 0.2) is 0 Å². The van der Waals surface area contributed by atoms with Gasteiger partial charge in [0.05, 0.1) is 33.0 Å². The minimum atomic E-state index is -6.87. The summed E-state index contributed by atoms with van der Waals surface area (Å²) < 4.78 is 515. The number of nitrogens with one attached hydrogen (secondary N) is 5. The maximum absolute atomic E-state index is 14.4. The van der Waals surface area contributed by atoms with Gasteiger partial charge in [-0.3, -0.25) is 50.1 Å². The molecule has 40 atom stereocenters. The zero-order valence-electron chi connectivity index (χ0n) is 69.8. The number of carbonyl (C=O) groups is 3. The van der Waals surface area contributed by atoms with Crippen LogP contribution in [-0.4, -0.2) is 507 Å². The zero-order valence-corrected chi connectivity index (χ0v) is 80.5.